The Kier molecular flexibility index (Phi) is 3.27. The van der Waals surface area contributed by atoms with E-state index in [4.69, 9.17) is 0 Å². The van der Waals surface area contributed by atoms with Crippen LogP contribution in [0.15, 0.2) is 12.3 Å². The highest BCUT2D eigenvalue weighted by atomic mass is 16.2. The van der Waals surface area contributed by atoms with Gasteiger partial charge in [-0.3, -0.25) is 9.89 Å². The van der Waals surface area contributed by atoms with Crippen LogP contribution in [-0.4, -0.2) is 34.1 Å². The summed E-state index contributed by atoms with van der Waals surface area (Å²) < 4.78 is 0. The molecule has 2 heterocycles. The fourth-order valence-electron chi connectivity index (χ4n) is 2.52. The molecule has 1 aromatic heterocycles. The summed E-state index contributed by atoms with van der Waals surface area (Å²) in [4.78, 5) is 14.0. The average molecular weight is 221 g/mol. The van der Waals surface area contributed by atoms with Gasteiger partial charge in [0.05, 0.1) is 6.42 Å². The van der Waals surface area contributed by atoms with E-state index in [1.165, 1.54) is 6.42 Å². The summed E-state index contributed by atoms with van der Waals surface area (Å²) >= 11 is 0. The Morgan fingerprint density at radius 1 is 1.50 bits per heavy atom. The fourth-order valence-corrected chi connectivity index (χ4v) is 2.52. The SMILES string of the molecule is CC1CC(C)CN(C(=O)Cc2ccn[nH]2)C1. The molecule has 0 aromatic carbocycles. The number of nitrogens with one attached hydrogen (secondary N) is 1. The van der Waals surface area contributed by atoms with Gasteiger partial charge in [-0.2, -0.15) is 5.10 Å². The highest BCUT2D eigenvalue weighted by molar-refractivity contribution is 5.78. The van der Waals surface area contributed by atoms with Gasteiger partial charge >= 0.3 is 0 Å². The number of aromatic amines is 1. The number of rotatable bonds is 2. The zero-order chi connectivity index (χ0) is 11.5. The first kappa shape index (κ1) is 11.2. The predicted molar refractivity (Wildman–Crippen MR) is 61.8 cm³/mol. The van der Waals surface area contributed by atoms with Gasteiger partial charge < -0.3 is 4.90 Å². The molecule has 0 bridgehead atoms. The number of aromatic nitrogens is 2. The molecule has 2 atom stereocenters. The van der Waals surface area contributed by atoms with Crippen molar-refractivity contribution in [2.45, 2.75) is 26.7 Å². The van der Waals surface area contributed by atoms with Gasteiger partial charge in [-0.1, -0.05) is 13.8 Å². The Bertz CT molecular complexity index is 337. The molecule has 0 radical (unpaired) electrons. The summed E-state index contributed by atoms with van der Waals surface area (Å²) in [5.74, 6) is 1.45. The number of carbonyl (C=O) groups is 1. The molecule has 4 nitrogen and oxygen atoms in total. The summed E-state index contributed by atoms with van der Waals surface area (Å²) in [7, 11) is 0. The highest BCUT2D eigenvalue weighted by Crippen LogP contribution is 2.21. The van der Waals surface area contributed by atoms with Crippen LogP contribution in [0.4, 0.5) is 0 Å². The molecule has 2 unspecified atom stereocenters. The lowest BCUT2D eigenvalue weighted by Crippen LogP contribution is -2.43. The van der Waals surface area contributed by atoms with Crippen molar-refractivity contribution >= 4 is 5.91 Å². The molecule has 1 N–H and O–H groups in total. The van der Waals surface area contributed by atoms with Gasteiger partial charge in [-0.25, -0.2) is 0 Å². The van der Waals surface area contributed by atoms with E-state index in [1.54, 1.807) is 6.20 Å². The molecule has 1 saturated heterocycles. The Morgan fingerprint density at radius 3 is 2.75 bits per heavy atom. The van der Waals surface area contributed by atoms with Gasteiger partial charge in [0, 0.05) is 25.0 Å². The van der Waals surface area contributed by atoms with E-state index < -0.39 is 0 Å². The quantitative estimate of drug-likeness (QED) is 0.822. The molecule has 1 aliphatic rings. The zero-order valence-corrected chi connectivity index (χ0v) is 9.94. The Hall–Kier alpha value is -1.32. The molecule has 2 rings (SSSR count). The van der Waals surface area contributed by atoms with Crippen molar-refractivity contribution in [2.24, 2.45) is 11.8 Å². The maximum Gasteiger partial charge on any atom is 0.228 e. The molecule has 0 aliphatic carbocycles. The Labute approximate surface area is 96.0 Å². The molecule has 0 spiro atoms. The molecule has 4 heteroatoms. The van der Waals surface area contributed by atoms with Crippen molar-refractivity contribution in [2.75, 3.05) is 13.1 Å². The minimum Gasteiger partial charge on any atom is -0.342 e. The van der Waals surface area contributed by atoms with Gasteiger partial charge in [0.2, 0.25) is 5.91 Å². The number of carbonyl (C=O) groups excluding carboxylic acids is 1. The van der Waals surface area contributed by atoms with Crippen LogP contribution in [0.25, 0.3) is 0 Å². The maximum atomic E-state index is 12.0. The van der Waals surface area contributed by atoms with Crippen LogP contribution >= 0.6 is 0 Å². The monoisotopic (exact) mass is 221 g/mol. The van der Waals surface area contributed by atoms with Gasteiger partial charge in [0.1, 0.15) is 0 Å². The Morgan fingerprint density at radius 2 is 2.19 bits per heavy atom. The van der Waals surface area contributed by atoms with E-state index in [9.17, 15) is 4.79 Å². The molecule has 0 saturated carbocycles. The molecule has 1 aliphatic heterocycles. The smallest absolute Gasteiger partial charge is 0.228 e. The number of likely N-dealkylation sites (tertiary alicyclic amines) is 1. The van der Waals surface area contributed by atoms with E-state index in [1.807, 2.05) is 11.0 Å². The molecule has 88 valence electrons. The summed E-state index contributed by atoms with van der Waals surface area (Å²) in [6.45, 7) is 6.23. The van der Waals surface area contributed by atoms with E-state index in [0.29, 0.717) is 18.3 Å². The number of H-pyrrole nitrogens is 1. The van der Waals surface area contributed by atoms with E-state index in [-0.39, 0.29) is 5.91 Å². The van der Waals surface area contributed by atoms with Crippen LogP contribution in [0.2, 0.25) is 0 Å². The molecule has 1 aromatic rings. The molecule has 1 fully saturated rings. The van der Waals surface area contributed by atoms with E-state index >= 15 is 0 Å². The minimum atomic E-state index is 0.211. The minimum absolute atomic E-state index is 0.211. The zero-order valence-electron chi connectivity index (χ0n) is 9.94. The molecular formula is C12H19N3O. The first-order valence-electron chi connectivity index (χ1n) is 5.91. The average Bonchev–Trinajstić information content (AvgIpc) is 2.68. The third-order valence-electron chi connectivity index (χ3n) is 3.12. The van der Waals surface area contributed by atoms with Crippen LogP contribution in [0.3, 0.4) is 0 Å². The number of hydrogen-bond acceptors (Lipinski definition) is 2. The van der Waals surface area contributed by atoms with Crippen LogP contribution < -0.4 is 0 Å². The predicted octanol–water partition coefficient (Wildman–Crippen LogP) is 1.46. The van der Waals surface area contributed by atoms with Crippen molar-refractivity contribution < 1.29 is 4.79 Å². The number of hydrogen-bond donors (Lipinski definition) is 1. The van der Waals surface area contributed by atoms with Gasteiger partial charge in [0.15, 0.2) is 0 Å². The lowest BCUT2D eigenvalue weighted by atomic mass is 9.91. The van der Waals surface area contributed by atoms with Crippen LogP contribution in [0.5, 0.6) is 0 Å². The lowest BCUT2D eigenvalue weighted by molar-refractivity contribution is -0.133. The molecule has 1 amide bonds. The first-order valence-corrected chi connectivity index (χ1v) is 5.91. The highest BCUT2D eigenvalue weighted by Gasteiger charge is 2.25. The third kappa shape index (κ3) is 2.62. The van der Waals surface area contributed by atoms with Gasteiger partial charge in [-0.05, 0) is 24.3 Å². The normalized spacial score (nSPS) is 25.8. The second kappa shape index (κ2) is 4.68. The van der Waals surface area contributed by atoms with Crippen molar-refractivity contribution in [1.82, 2.24) is 15.1 Å². The topological polar surface area (TPSA) is 49.0 Å². The van der Waals surface area contributed by atoms with Crippen molar-refractivity contribution in [3.63, 3.8) is 0 Å². The summed E-state index contributed by atoms with van der Waals surface area (Å²) in [5.41, 5.74) is 0.899. The third-order valence-corrected chi connectivity index (χ3v) is 3.12. The molecular weight excluding hydrogens is 202 g/mol. The van der Waals surface area contributed by atoms with E-state index in [0.717, 1.165) is 18.8 Å². The Balaban J connectivity index is 1.94. The van der Waals surface area contributed by atoms with E-state index in [2.05, 4.69) is 24.0 Å². The van der Waals surface area contributed by atoms with Crippen molar-refractivity contribution in [1.29, 1.82) is 0 Å². The second-order valence-electron chi connectivity index (χ2n) is 5.00. The lowest BCUT2D eigenvalue weighted by Gasteiger charge is -2.35. The number of amides is 1. The number of piperidine rings is 1. The molecule has 16 heavy (non-hydrogen) atoms. The van der Waals surface area contributed by atoms with Gasteiger partial charge in [0.25, 0.3) is 0 Å². The standard InChI is InChI=1S/C12H19N3O/c1-9-5-10(2)8-15(7-9)12(16)6-11-3-4-13-14-11/h3-4,9-10H,5-8H2,1-2H3,(H,13,14). The van der Waals surface area contributed by atoms with Crippen molar-refractivity contribution in [3.05, 3.63) is 18.0 Å². The van der Waals surface area contributed by atoms with Crippen LogP contribution in [0, 0.1) is 11.8 Å². The number of nitrogens with zero attached hydrogens (tertiary/aromatic N) is 2. The van der Waals surface area contributed by atoms with Crippen LogP contribution in [0.1, 0.15) is 26.0 Å². The first-order chi connectivity index (χ1) is 7.65. The maximum absolute atomic E-state index is 12.0. The summed E-state index contributed by atoms with van der Waals surface area (Å²) in [6.07, 6.45) is 3.36. The summed E-state index contributed by atoms with van der Waals surface area (Å²) in [5, 5.41) is 6.69. The fraction of sp³-hybridized carbons (Fsp3) is 0.667. The summed E-state index contributed by atoms with van der Waals surface area (Å²) in [6, 6.07) is 1.86. The second-order valence-corrected chi connectivity index (χ2v) is 5.00. The van der Waals surface area contributed by atoms with Crippen molar-refractivity contribution in [3.8, 4) is 0 Å². The van der Waals surface area contributed by atoms with Crippen LogP contribution in [-0.2, 0) is 11.2 Å². The largest absolute Gasteiger partial charge is 0.342 e. The van der Waals surface area contributed by atoms with Gasteiger partial charge in [-0.15, -0.1) is 0 Å².